The van der Waals surface area contributed by atoms with Crippen molar-refractivity contribution >= 4 is 61.6 Å². The van der Waals surface area contributed by atoms with Crippen LogP contribution in [0.3, 0.4) is 0 Å². The van der Waals surface area contributed by atoms with Gasteiger partial charge in [-0.15, -0.1) is 10.2 Å². The lowest BCUT2D eigenvalue weighted by atomic mass is 10.2. The van der Waals surface area contributed by atoms with E-state index < -0.39 is 5.91 Å². The summed E-state index contributed by atoms with van der Waals surface area (Å²) in [6.45, 7) is 0.0835. The number of azo groups is 1. The van der Waals surface area contributed by atoms with E-state index in [9.17, 15) is 9.90 Å². The topological polar surface area (TPSA) is 76.2 Å². The number of rotatable bonds is 6. The van der Waals surface area contributed by atoms with Gasteiger partial charge in [-0.3, -0.25) is 4.79 Å². The van der Waals surface area contributed by atoms with Gasteiger partial charge in [-0.2, -0.15) is 0 Å². The number of benzene rings is 3. The fourth-order valence-corrected chi connectivity index (χ4v) is 3.83. The third-order valence-corrected chi connectivity index (χ3v) is 5.63. The van der Waals surface area contributed by atoms with Crippen molar-refractivity contribution in [1.29, 1.82) is 0 Å². The maximum Gasteiger partial charge on any atom is 0.302 e. The first-order valence-electron chi connectivity index (χ1n) is 9.49. The van der Waals surface area contributed by atoms with Gasteiger partial charge in [0.15, 0.2) is 12.3 Å². The number of fused-ring (bicyclic) bond motifs is 1. The minimum atomic E-state index is -0.599. The average Bonchev–Trinajstić information content (AvgIpc) is 3.02. The van der Waals surface area contributed by atoms with E-state index in [-0.39, 0.29) is 18.2 Å². The highest BCUT2D eigenvalue weighted by molar-refractivity contribution is 9.10. The van der Waals surface area contributed by atoms with Gasteiger partial charge in [0.1, 0.15) is 5.75 Å². The maximum absolute atomic E-state index is 12.2. The van der Waals surface area contributed by atoms with Crippen molar-refractivity contribution in [1.82, 2.24) is 4.57 Å². The fourth-order valence-electron chi connectivity index (χ4n) is 3.16. The summed E-state index contributed by atoms with van der Waals surface area (Å²) in [6, 6.07) is 19.6. The lowest BCUT2D eigenvalue weighted by molar-refractivity contribution is -0.120. The number of nitrogens with zero attached hydrogens (tertiary/aromatic N) is 3. The van der Waals surface area contributed by atoms with Crippen LogP contribution in [0.2, 0.25) is 10.0 Å². The quantitative estimate of drug-likeness (QED) is 0.268. The Morgan fingerprint density at radius 1 is 1.03 bits per heavy atom. The molecule has 9 heteroatoms. The average molecular weight is 533 g/mol. The predicted octanol–water partition coefficient (Wildman–Crippen LogP) is 7.15. The van der Waals surface area contributed by atoms with E-state index in [1.165, 1.54) is 0 Å². The summed E-state index contributed by atoms with van der Waals surface area (Å²) in [5, 5.41) is 20.4. The van der Waals surface area contributed by atoms with Crippen LogP contribution in [0.1, 0.15) is 5.56 Å². The van der Waals surface area contributed by atoms with Gasteiger partial charge in [0.2, 0.25) is 5.88 Å². The van der Waals surface area contributed by atoms with Crippen LogP contribution in [0, 0.1) is 0 Å². The number of aromatic hydroxyl groups is 1. The van der Waals surface area contributed by atoms with E-state index in [1.54, 1.807) is 41.0 Å². The molecule has 0 atom stereocenters. The maximum atomic E-state index is 12.2. The number of carbonyl (C=O) groups excluding carboxylic acids is 1. The molecule has 0 aliphatic rings. The fraction of sp³-hybridized carbons (Fsp3) is 0.0870. The van der Waals surface area contributed by atoms with E-state index >= 15 is 0 Å². The van der Waals surface area contributed by atoms with Crippen molar-refractivity contribution in [2.75, 3.05) is 6.61 Å². The summed E-state index contributed by atoms with van der Waals surface area (Å²) in [7, 11) is 0. The van der Waals surface area contributed by atoms with Crippen LogP contribution >= 0.6 is 39.1 Å². The molecule has 0 aliphatic heterocycles. The van der Waals surface area contributed by atoms with Crippen molar-refractivity contribution < 1.29 is 14.6 Å². The third kappa shape index (κ3) is 5.12. The van der Waals surface area contributed by atoms with Crippen LogP contribution < -0.4 is 4.74 Å². The Kier molecular flexibility index (Phi) is 6.79. The molecule has 162 valence electrons. The van der Waals surface area contributed by atoms with E-state index in [2.05, 4.69) is 26.2 Å². The lowest BCUT2D eigenvalue weighted by Crippen LogP contribution is -2.07. The second-order valence-electron chi connectivity index (χ2n) is 6.89. The van der Waals surface area contributed by atoms with Crippen LogP contribution in [-0.2, 0) is 11.3 Å². The number of carbonyl (C=O) groups is 1. The summed E-state index contributed by atoms with van der Waals surface area (Å²) in [6.07, 6.45) is 0. The molecule has 0 saturated heterocycles. The first kappa shape index (κ1) is 22.3. The van der Waals surface area contributed by atoms with Crippen molar-refractivity contribution in [3.05, 3.63) is 86.8 Å². The zero-order valence-electron chi connectivity index (χ0n) is 16.5. The summed E-state index contributed by atoms with van der Waals surface area (Å²) in [5.41, 5.74) is 1.89. The molecule has 32 heavy (non-hydrogen) atoms. The molecule has 0 unspecified atom stereocenters. The molecular weight excluding hydrogens is 517 g/mol. The summed E-state index contributed by atoms with van der Waals surface area (Å²) in [4.78, 5) is 12.2. The smallest absolute Gasteiger partial charge is 0.302 e. The Morgan fingerprint density at radius 3 is 2.56 bits per heavy atom. The van der Waals surface area contributed by atoms with E-state index in [0.717, 1.165) is 15.6 Å². The highest BCUT2D eigenvalue weighted by Gasteiger charge is 2.18. The van der Waals surface area contributed by atoms with Crippen LogP contribution in [0.4, 0.5) is 5.69 Å². The number of ether oxygens (including phenoxy) is 1. The number of aromatic nitrogens is 1. The summed E-state index contributed by atoms with van der Waals surface area (Å²) >= 11 is 15.3. The van der Waals surface area contributed by atoms with Gasteiger partial charge < -0.3 is 14.4 Å². The number of hydrogen-bond donors (Lipinski definition) is 1. The SMILES string of the molecule is O=C(COc1cccc(Cl)c1)N=Nc1c(O)n(Cc2ccc(Cl)cc2)c2ccc(Br)cc12. The highest BCUT2D eigenvalue weighted by atomic mass is 79.9. The number of halogens is 3. The largest absolute Gasteiger partial charge is 0.493 e. The normalized spacial score (nSPS) is 11.3. The van der Waals surface area contributed by atoms with Crippen molar-refractivity contribution in [2.45, 2.75) is 6.54 Å². The molecule has 0 bridgehead atoms. The molecular formula is C23H16BrCl2N3O3. The minimum absolute atomic E-state index is 0.0969. The van der Waals surface area contributed by atoms with Crippen LogP contribution in [0.5, 0.6) is 11.6 Å². The summed E-state index contributed by atoms with van der Waals surface area (Å²) in [5.74, 6) is -0.245. The van der Waals surface area contributed by atoms with Crippen molar-refractivity contribution in [3.8, 4) is 11.6 Å². The van der Waals surface area contributed by atoms with E-state index in [0.29, 0.717) is 27.7 Å². The van der Waals surface area contributed by atoms with Crippen LogP contribution in [0.15, 0.2) is 81.4 Å². The zero-order valence-corrected chi connectivity index (χ0v) is 19.6. The molecule has 0 radical (unpaired) electrons. The molecule has 1 aromatic heterocycles. The Hall–Kier alpha value is -2.87. The van der Waals surface area contributed by atoms with Gasteiger partial charge in [-0.1, -0.05) is 57.3 Å². The molecule has 3 aromatic carbocycles. The van der Waals surface area contributed by atoms with Gasteiger partial charge >= 0.3 is 5.91 Å². The van der Waals surface area contributed by atoms with Gasteiger partial charge in [0, 0.05) is 19.9 Å². The molecule has 0 spiro atoms. The lowest BCUT2D eigenvalue weighted by Gasteiger charge is -2.07. The molecule has 1 heterocycles. The molecule has 0 fully saturated rings. The first-order chi connectivity index (χ1) is 15.4. The van der Waals surface area contributed by atoms with Gasteiger partial charge in [-0.25, -0.2) is 0 Å². The van der Waals surface area contributed by atoms with Gasteiger partial charge in [-0.05, 0) is 54.1 Å². The second kappa shape index (κ2) is 9.73. The monoisotopic (exact) mass is 531 g/mol. The number of hydrogen-bond acceptors (Lipinski definition) is 4. The molecule has 1 N–H and O–H groups in total. The Bertz CT molecular complexity index is 1320. The minimum Gasteiger partial charge on any atom is -0.493 e. The summed E-state index contributed by atoms with van der Waals surface area (Å²) < 4.78 is 7.90. The Morgan fingerprint density at radius 2 is 1.81 bits per heavy atom. The predicted molar refractivity (Wildman–Crippen MR) is 128 cm³/mol. The van der Waals surface area contributed by atoms with Gasteiger partial charge in [0.05, 0.1) is 12.1 Å². The zero-order chi connectivity index (χ0) is 22.7. The Balaban J connectivity index is 1.60. The molecule has 0 saturated carbocycles. The molecule has 1 amide bonds. The number of amides is 1. The van der Waals surface area contributed by atoms with E-state index in [4.69, 9.17) is 27.9 Å². The van der Waals surface area contributed by atoms with Crippen LogP contribution in [0.25, 0.3) is 10.9 Å². The molecule has 0 aliphatic carbocycles. The highest BCUT2D eigenvalue weighted by Crippen LogP contribution is 2.40. The molecule has 4 aromatic rings. The standard InChI is InChI=1S/C23H16BrCl2N3O3/c24-15-6-9-20-19(10-15)22(23(31)29(20)12-14-4-7-16(25)8-5-14)28-27-21(30)13-32-18-3-1-2-17(26)11-18/h1-11,31H,12-13H2. The molecule has 4 rings (SSSR count). The van der Waals surface area contributed by atoms with Gasteiger partial charge in [0.25, 0.3) is 0 Å². The van der Waals surface area contributed by atoms with Crippen molar-refractivity contribution in [2.24, 2.45) is 10.2 Å². The Labute approximate surface area is 202 Å². The van der Waals surface area contributed by atoms with Crippen LogP contribution in [-0.4, -0.2) is 22.2 Å². The second-order valence-corrected chi connectivity index (χ2v) is 8.67. The third-order valence-electron chi connectivity index (χ3n) is 4.65. The first-order valence-corrected chi connectivity index (χ1v) is 11.0. The van der Waals surface area contributed by atoms with E-state index in [1.807, 2.05) is 30.3 Å². The van der Waals surface area contributed by atoms with Crippen molar-refractivity contribution in [3.63, 3.8) is 0 Å². The molecule has 6 nitrogen and oxygen atoms in total.